The van der Waals surface area contributed by atoms with Gasteiger partial charge in [-0.1, -0.05) is 6.92 Å². The van der Waals surface area contributed by atoms with E-state index >= 15 is 0 Å². The number of halogens is 1. The molecule has 2 heterocycles. The van der Waals surface area contributed by atoms with Crippen molar-refractivity contribution in [2.24, 2.45) is 11.8 Å². The maximum Gasteiger partial charge on any atom is 0.241 e. The number of hydrogen-bond donors (Lipinski definition) is 2. The third kappa shape index (κ3) is 6.13. The first-order chi connectivity index (χ1) is 10.2. The lowest BCUT2D eigenvalue weighted by Gasteiger charge is -2.28. The van der Waals surface area contributed by atoms with E-state index < -0.39 is 0 Å². The molecule has 2 aliphatic heterocycles. The van der Waals surface area contributed by atoms with Gasteiger partial charge in [0, 0.05) is 19.5 Å². The summed E-state index contributed by atoms with van der Waals surface area (Å²) in [6.07, 6.45) is 6.32. The standard InChI is InChI=1S/C16H29N3O2.ClH/c1-13(14-6-5-7-17-11-14)10-15(20)18-12-16(21)19-8-3-2-4-9-19;/h13-14,17H,2-12H2,1H3,(H,18,20);1H. The number of likely N-dealkylation sites (tertiary alicyclic amines) is 1. The van der Waals surface area contributed by atoms with E-state index in [1.165, 1.54) is 19.3 Å². The summed E-state index contributed by atoms with van der Waals surface area (Å²) in [7, 11) is 0. The molecule has 0 spiro atoms. The Labute approximate surface area is 140 Å². The van der Waals surface area contributed by atoms with Crippen molar-refractivity contribution in [1.29, 1.82) is 0 Å². The first kappa shape index (κ1) is 19.2. The molecular weight excluding hydrogens is 302 g/mol. The van der Waals surface area contributed by atoms with E-state index in [2.05, 4.69) is 17.6 Å². The molecule has 2 atom stereocenters. The largest absolute Gasteiger partial charge is 0.347 e. The van der Waals surface area contributed by atoms with Gasteiger partial charge >= 0.3 is 0 Å². The Hall–Kier alpha value is -0.810. The summed E-state index contributed by atoms with van der Waals surface area (Å²) < 4.78 is 0. The van der Waals surface area contributed by atoms with Gasteiger partial charge in [-0.2, -0.15) is 0 Å². The van der Waals surface area contributed by atoms with E-state index in [-0.39, 0.29) is 30.8 Å². The van der Waals surface area contributed by atoms with Crippen LogP contribution >= 0.6 is 12.4 Å². The lowest BCUT2D eigenvalue weighted by molar-refractivity contribution is -0.133. The predicted molar refractivity (Wildman–Crippen MR) is 90.1 cm³/mol. The number of nitrogens with one attached hydrogen (secondary N) is 2. The monoisotopic (exact) mass is 331 g/mol. The molecule has 22 heavy (non-hydrogen) atoms. The van der Waals surface area contributed by atoms with Crippen LogP contribution in [0.1, 0.15) is 45.4 Å². The lowest BCUT2D eigenvalue weighted by Crippen LogP contribution is -2.43. The predicted octanol–water partition coefficient (Wildman–Crippen LogP) is 1.56. The Morgan fingerprint density at radius 3 is 2.59 bits per heavy atom. The van der Waals surface area contributed by atoms with Crippen molar-refractivity contribution in [2.45, 2.75) is 45.4 Å². The fourth-order valence-corrected chi connectivity index (χ4v) is 3.33. The van der Waals surface area contributed by atoms with Crippen molar-refractivity contribution >= 4 is 24.2 Å². The van der Waals surface area contributed by atoms with E-state index in [0.717, 1.165) is 39.0 Å². The number of rotatable bonds is 5. The summed E-state index contributed by atoms with van der Waals surface area (Å²) in [5.74, 6) is 1.04. The molecule has 2 rings (SSSR count). The molecule has 2 saturated heterocycles. The summed E-state index contributed by atoms with van der Waals surface area (Å²) >= 11 is 0. The van der Waals surface area contributed by atoms with Crippen molar-refractivity contribution < 1.29 is 9.59 Å². The molecule has 2 aliphatic rings. The van der Waals surface area contributed by atoms with Crippen molar-refractivity contribution in [3.8, 4) is 0 Å². The van der Waals surface area contributed by atoms with Crippen LogP contribution < -0.4 is 10.6 Å². The minimum absolute atomic E-state index is 0. The Balaban J connectivity index is 0.00000242. The molecule has 0 aromatic carbocycles. The maximum absolute atomic E-state index is 12.0. The molecule has 0 aromatic rings. The second-order valence-corrected chi connectivity index (χ2v) is 6.51. The summed E-state index contributed by atoms with van der Waals surface area (Å²) in [6.45, 7) is 6.11. The van der Waals surface area contributed by atoms with Gasteiger partial charge in [0.05, 0.1) is 6.54 Å². The molecule has 2 amide bonds. The molecule has 0 aromatic heterocycles. The van der Waals surface area contributed by atoms with Gasteiger partial charge in [0.25, 0.3) is 0 Å². The summed E-state index contributed by atoms with van der Waals surface area (Å²) in [4.78, 5) is 25.8. The highest BCUT2D eigenvalue weighted by Crippen LogP contribution is 2.22. The molecule has 5 nitrogen and oxygen atoms in total. The lowest BCUT2D eigenvalue weighted by atomic mass is 9.85. The Morgan fingerprint density at radius 2 is 1.95 bits per heavy atom. The average Bonchev–Trinajstić information content (AvgIpc) is 2.54. The minimum Gasteiger partial charge on any atom is -0.347 e. The zero-order valence-corrected chi connectivity index (χ0v) is 14.4. The third-order valence-corrected chi connectivity index (χ3v) is 4.79. The Bertz CT molecular complexity index is 353. The molecule has 2 N–H and O–H groups in total. The summed E-state index contributed by atoms with van der Waals surface area (Å²) in [5, 5.41) is 6.19. The SMILES string of the molecule is CC(CC(=O)NCC(=O)N1CCCCC1)C1CCCNC1.Cl. The molecule has 2 fully saturated rings. The normalized spacial score (nSPS) is 23.3. The number of piperidine rings is 2. The van der Waals surface area contributed by atoms with Gasteiger partial charge in [-0.3, -0.25) is 9.59 Å². The topological polar surface area (TPSA) is 61.4 Å². The van der Waals surface area contributed by atoms with Crippen LogP contribution in [0.15, 0.2) is 0 Å². The first-order valence-electron chi connectivity index (χ1n) is 8.42. The Kier molecular flexibility index (Phi) is 8.79. The van der Waals surface area contributed by atoms with Gasteiger partial charge in [-0.05, 0) is 57.0 Å². The second kappa shape index (κ2) is 10.1. The fourth-order valence-electron chi connectivity index (χ4n) is 3.33. The number of nitrogens with zero attached hydrogens (tertiary/aromatic N) is 1. The summed E-state index contributed by atoms with van der Waals surface area (Å²) in [6, 6.07) is 0. The highest BCUT2D eigenvalue weighted by molar-refractivity contribution is 5.85. The number of hydrogen-bond acceptors (Lipinski definition) is 3. The Morgan fingerprint density at radius 1 is 1.23 bits per heavy atom. The van der Waals surface area contributed by atoms with Crippen molar-refractivity contribution in [1.82, 2.24) is 15.5 Å². The van der Waals surface area contributed by atoms with Gasteiger partial charge in [-0.25, -0.2) is 0 Å². The van der Waals surface area contributed by atoms with E-state index in [4.69, 9.17) is 0 Å². The molecule has 6 heteroatoms. The number of carbonyl (C=O) groups excluding carboxylic acids is 2. The van der Waals surface area contributed by atoms with Crippen LogP contribution in [0.5, 0.6) is 0 Å². The molecule has 0 saturated carbocycles. The second-order valence-electron chi connectivity index (χ2n) is 6.51. The highest BCUT2D eigenvalue weighted by atomic mass is 35.5. The molecular formula is C16H30ClN3O2. The van der Waals surface area contributed by atoms with Crippen LogP contribution in [-0.4, -0.2) is 49.4 Å². The zero-order chi connectivity index (χ0) is 15.1. The van der Waals surface area contributed by atoms with Crippen molar-refractivity contribution in [3.63, 3.8) is 0 Å². The van der Waals surface area contributed by atoms with Crippen LogP contribution in [0, 0.1) is 11.8 Å². The molecule has 0 radical (unpaired) electrons. The van der Waals surface area contributed by atoms with Crippen LogP contribution in [0.4, 0.5) is 0 Å². The summed E-state index contributed by atoms with van der Waals surface area (Å²) in [5.41, 5.74) is 0. The molecule has 128 valence electrons. The van der Waals surface area contributed by atoms with Crippen molar-refractivity contribution in [3.05, 3.63) is 0 Å². The van der Waals surface area contributed by atoms with E-state index in [9.17, 15) is 9.59 Å². The molecule has 0 bridgehead atoms. The average molecular weight is 332 g/mol. The van der Waals surface area contributed by atoms with E-state index in [1.54, 1.807) is 0 Å². The molecule has 0 aliphatic carbocycles. The van der Waals surface area contributed by atoms with Crippen LogP contribution in [0.2, 0.25) is 0 Å². The smallest absolute Gasteiger partial charge is 0.241 e. The first-order valence-corrected chi connectivity index (χ1v) is 8.42. The van der Waals surface area contributed by atoms with Crippen LogP contribution in [-0.2, 0) is 9.59 Å². The maximum atomic E-state index is 12.0. The van der Waals surface area contributed by atoms with Gasteiger partial charge in [0.1, 0.15) is 0 Å². The third-order valence-electron chi connectivity index (χ3n) is 4.79. The fraction of sp³-hybridized carbons (Fsp3) is 0.875. The van der Waals surface area contributed by atoms with Crippen molar-refractivity contribution in [2.75, 3.05) is 32.7 Å². The highest BCUT2D eigenvalue weighted by Gasteiger charge is 2.22. The van der Waals surface area contributed by atoms with Gasteiger partial charge in [0.15, 0.2) is 0 Å². The number of carbonyl (C=O) groups is 2. The van der Waals surface area contributed by atoms with E-state index in [0.29, 0.717) is 18.3 Å². The zero-order valence-electron chi connectivity index (χ0n) is 13.6. The van der Waals surface area contributed by atoms with Crippen LogP contribution in [0.25, 0.3) is 0 Å². The minimum atomic E-state index is 0. The molecule has 2 unspecified atom stereocenters. The van der Waals surface area contributed by atoms with Gasteiger partial charge in [-0.15, -0.1) is 12.4 Å². The number of amides is 2. The van der Waals surface area contributed by atoms with E-state index in [1.807, 2.05) is 4.90 Å². The quantitative estimate of drug-likeness (QED) is 0.803. The van der Waals surface area contributed by atoms with Gasteiger partial charge in [0.2, 0.25) is 11.8 Å². The van der Waals surface area contributed by atoms with Crippen LogP contribution in [0.3, 0.4) is 0 Å². The van der Waals surface area contributed by atoms with Gasteiger partial charge < -0.3 is 15.5 Å².